The largest absolute Gasteiger partial charge is 0.353 e. The predicted molar refractivity (Wildman–Crippen MR) is 104 cm³/mol. The van der Waals surface area contributed by atoms with Gasteiger partial charge in [0, 0.05) is 12.2 Å². The van der Waals surface area contributed by atoms with E-state index in [1.807, 2.05) is 32.0 Å². The molecule has 0 saturated heterocycles. The number of hydrogen-bond acceptors (Lipinski definition) is 3. The van der Waals surface area contributed by atoms with Crippen LogP contribution in [-0.2, 0) is 9.59 Å². The summed E-state index contributed by atoms with van der Waals surface area (Å²) in [5.74, 6) is -0.244. The predicted octanol–water partition coefficient (Wildman–Crippen LogP) is 3.08. The molecule has 1 fully saturated rings. The molecular formula is C19H30ClN3O2. The van der Waals surface area contributed by atoms with E-state index in [-0.39, 0.29) is 24.2 Å². The second-order valence-corrected chi connectivity index (χ2v) is 7.64. The molecule has 0 aromatic heterocycles. The van der Waals surface area contributed by atoms with E-state index in [0.717, 1.165) is 36.9 Å². The van der Waals surface area contributed by atoms with E-state index in [1.54, 1.807) is 13.8 Å². The second kappa shape index (κ2) is 8.19. The molecule has 0 heterocycles. The number of nitrogens with two attached hydrogens (primary N) is 1. The van der Waals surface area contributed by atoms with Crippen molar-refractivity contribution < 1.29 is 9.59 Å². The first-order chi connectivity index (χ1) is 11.1. The lowest BCUT2D eigenvalue weighted by molar-refractivity contribution is -0.128. The van der Waals surface area contributed by atoms with Gasteiger partial charge in [-0.2, -0.15) is 0 Å². The summed E-state index contributed by atoms with van der Waals surface area (Å²) in [5, 5.41) is 5.90. The average molecular weight is 368 g/mol. The number of carbonyl (C=O) groups is 2. The fourth-order valence-corrected chi connectivity index (χ4v) is 3.10. The molecule has 0 atom stereocenters. The van der Waals surface area contributed by atoms with E-state index in [0.29, 0.717) is 6.54 Å². The molecule has 25 heavy (non-hydrogen) atoms. The number of aryl methyl sites for hydroxylation is 2. The maximum Gasteiger partial charge on any atom is 0.239 e. The van der Waals surface area contributed by atoms with Crippen molar-refractivity contribution >= 4 is 29.9 Å². The molecule has 0 spiro atoms. The smallest absolute Gasteiger partial charge is 0.239 e. The average Bonchev–Trinajstić information content (AvgIpc) is 2.98. The topological polar surface area (TPSA) is 84.2 Å². The Morgan fingerprint density at radius 3 is 2.28 bits per heavy atom. The van der Waals surface area contributed by atoms with Crippen LogP contribution in [0, 0.1) is 19.3 Å². The molecule has 1 aromatic rings. The highest BCUT2D eigenvalue weighted by Gasteiger charge is 2.42. The number of nitrogens with one attached hydrogen (secondary N) is 2. The van der Waals surface area contributed by atoms with E-state index < -0.39 is 11.0 Å². The van der Waals surface area contributed by atoms with Gasteiger partial charge in [0.05, 0.1) is 11.0 Å². The maximum absolute atomic E-state index is 12.9. The van der Waals surface area contributed by atoms with Crippen LogP contribution in [-0.4, -0.2) is 23.9 Å². The van der Waals surface area contributed by atoms with Crippen molar-refractivity contribution in [2.24, 2.45) is 11.1 Å². The molecule has 2 rings (SSSR count). The molecule has 1 saturated carbocycles. The number of hydrogen-bond donors (Lipinski definition) is 3. The Labute approximate surface area is 156 Å². The van der Waals surface area contributed by atoms with E-state index in [9.17, 15) is 9.59 Å². The Kier molecular flexibility index (Phi) is 7.03. The lowest BCUT2D eigenvalue weighted by Gasteiger charge is -2.29. The normalized spacial score (nSPS) is 16.0. The summed E-state index contributed by atoms with van der Waals surface area (Å²) < 4.78 is 0. The fourth-order valence-electron chi connectivity index (χ4n) is 3.10. The third-order valence-corrected chi connectivity index (χ3v) is 4.98. The maximum atomic E-state index is 12.9. The van der Waals surface area contributed by atoms with Crippen LogP contribution in [0.15, 0.2) is 18.2 Å². The number of anilines is 1. The van der Waals surface area contributed by atoms with E-state index >= 15 is 0 Å². The van der Waals surface area contributed by atoms with Crippen LogP contribution in [0.4, 0.5) is 5.69 Å². The molecule has 140 valence electrons. The summed E-state index contributed by atoms with van der Waals surface area (Å²) >= 11 is 0. The highest BCUT2D eigenvalue weighted by Crippen LogP contribution is 2.38. The van der Waals surface area contributed by atoms with Gasteiger partial charge >= 0.3 is 0 Å². The highest BCUT2D eigenvalue weighted by atomic mass is 35.5. The van der Waals surface area contributed by atoms with Crippen LogP contribution in [0.25, 0.3) is 0 Å². The molecule has 0 bridgehead atoms. The number of rotatable bonds is 5. The molecule has 5 nitrogen and oxygen atoms in total. The number of benzene rings is 1. The van der Waals surface area contributed by atoms with Crippen molar-refractivity contribution in [3.05, 3.63) is 29.3 Å². The summed E-state index contributed by atoms with van der Waals surface area (Å²) in [5.41, 5.74) is 7.49. The summed E-state index contributed by atoms with van der Waals surface area (Å²) in [7, 11) is 0. The number of amides is 2. The molecule has 0 unspecified atom stereocenters. The first-order valence-electron chi connectivity index (χ1n) is 8.60. The van der Waals surface area contributed by atoms with Gasteiger partial charge in [0.25, 0.3) is 0 Å². The lowest BCUT2D eigenvalue weighted by atomic mass is 9.84. The van der Waals surface area contributed by atoms with E-state index in [4.69, 9.17) is 5.73 Å². The summed E-state index contributed by atoms with van der Waals surface area (Å²) in [6.07, 6.45) is 3.58. The van der Waals surface area contributed by atoms with Gasteiger partial charge in [-0.3, -0.25) is 9.59 Å². The Balaban J connectivity index is 0.00000312. The highest BCUT2D eigenvalue weighted by molar-refractivity contribution is 5.96. The Hall–Kier alpha value is -1.59. The van der Waals surface area contributed by atoms with Gasteiger partial charge in [0.1, 0.15) is 0 Å². The van der Waals surface area contributed by atoms with E-state index in [1.165, 1.54) is 5.56 Å². The molecule has 1 aliphatic rings. The van der Waals surface area contributed by atoms with Crippen LogP contribution in [0.5, 0.6) is 0 Å². The molecule has 0 aliphatic heterocycles. The third-order valence-electron chi connectivity index (χ3n) is 4.98. The lowest BCUT2D eigenvalue weighted by Crippen LogP contribution is -2.53. The molecule has 1 aliphatic carbocycles. The summed E-state index contributed by atoms with van der Waals surface area (Å²) in [6.45, 7) is 7.74. The second-order valence-electron chi connectivity index (χ2n) is 7.64. The molecule has 1 aromatic carbocycles. The van der Waals surface area contributed by atoms with Crippen molar-refractivity contribution in [2.75, 3.05) is 11.9 Å². The molecule has 6 heteroatoms. The van der Waals surface area contributed by atoms with Crippen LogP contribution in [0.2, 0.25) is 0 Å². The quantitative estimate of drug-likeness (QED) is 0.747. The first kappa shape index (κ1) is 21.5. The zero-order valence-electron chi connectivity index (χ0n) is 15.6. The van der Waals surface area contributed by atoms with Crippen molar-refractivity contribution in [3.63, 3.8) is 0 Å². The first-order valence-corrected chi connectivity index (χ1v) is 8.60. The van der Waals surface area contributed by atoms with Gasteiger partial charge < -0.3 is 16.4 Å². The number of carbonyl (C=O) groups excluding carboxylic acids is 2. The zero-order chi connectivity index (χ0) is 18.0. The number of halogens is 1. The minimum atomic E-state index is -0.940. The van der Waals surface area contributed by atoms with E-state index in [2.05, 4.69) is 10.6 Å². The van der Waals surface area contributed by atoms with Gasteiger partial charge in [-0.25, -0.2) is 0 Å². The van der Waals surface area contributed by atoms with Crippen molar-refractivity contribution in [1.29, 1.82) is 0 Å². The van der Waals surface area contributed by atoms with Gasteiger partial charge in [-0.15, -0.1) is 12.4 Å². The summed E-state index contributed by atoms with van der Waals surface area (Å²) in [6, 6.07) is 5.91. The minimum Gasteiger partial charge on any atom is -0.353 e. The monoisotopic (exact) mass is 367 g/mol. The fraction of sp³-hybridized carbons (Fsp3) is 0.579. The molecule has 2 amide bonds. The van der Waals surface area contributed by atoms with Crippen LogP contribution in [0.3, 0.4) is 0 Å². The van der Waals surface area contributed by atoms with Crippen molar-refractivity contribution in [2.45, 2.75) is 58.9 Å². The van der Waals surface area contributed by atoms with Crippen LogP contribution < -0.4 is 16.4 Å². The Morgan fingerprint density at radius 1 is 1.16 bits per heavy atom. The third kappa shape index (κ3) is 5.19. The summed E-state index contributed by atoms with van der Waals surface area (Å²) in [4.78, 5) is 25.0. The van der Waals surface area contributed by atoms with Gasteiger partial charge in [-0.1, -0.05) is 18.9 Å². The van der Waals surface area contributed by atoms with Crippen LogP contribution >= 0.6 is 12.4 Å². The minimum absolute atomic E-state index is 0. The molecule has 0 radical (unpaired) electrons. The Bertz CT molecular complexity index is 632. The molecular weight excluding hydrogens is 338 g/mol. The zero-order valence-corrected chi connectivity index (χ0v) is 16.4. The van der Waals surface area contributed by atoms with Crippen molar-refractivity contribution in [3.8, 4) is 0 Å². The van der Waals surface area contributed by atoms with Crippen molar-refractivity contribution in [1.82, 2.24) is 5.32 Å². The van der Waals surface area contributed by atoms with Gasteiger partial charge in [0.15, 0.2) is 0 Å². The van der Waals surface area contributed by atoms with Gasteiger partial charge in [0.2, 0.25) is 11.8 Å². The Morgan fingerprint density at radius 2 is 1.76 bits per heavy atom. The SMILES string of the molecule is Cc1ccc(NC(=O)C2(CNC(=O)C(C)(C)N)CCCC2)cc1C.Cl. The molecule has 4 N–H and O–H groups in total. The van der Waals surface area contributed by atoms with Crippen LogP contribution in [0.1, 0.15) is 50.7 Å². The van der Waals surface area contributed by atoms with Gasteiger partial charge in [-0.05, 0) is 63.8 Å². The standard InChI is InChI=1S/C19H29N3O2.ClH/c1-13-7-8-15(11-14(13)2)22-17(24)19(9-5-6-10-19)12-21-16(23)18(3,4)20;/h7-8,11H,5-6,9-10,12,20H2,1-4H3,(H,21,23)(H,22,24);1H.